The summed E-state index contributed by atoms with van der Waals surface area (Å²) in [6.45, 7) is 4.50. The molecular formula is C20H21N. The molecule has 0 amide bonds. The van der Waals surface area contributed by atoms with Crippen LogP contribution >= 0.6 is 0 Å². The van der Waals surface area contributed by atoms with Gasteiger partial charge in [-0.2, -0.15) is 0 Å². The molecule has 4 rings (SSSR count). The number of hydrogen-bond acceptors (Lipinski definition) is 1. The average molecular weight is 275 g/mol. The summed E-state index contributed by atoms with van der Waals surface area (Å²) in [6.07, 6.45) is 10.6. The Morgan fingerprint density at radius 1 is 0.952 bits per heavy atom. The summed E-state index contributed by atoms with van der Waals surface area (Å²) in [7, 11) is 0. The quantitative estimate of drug-likeness (QED) is 0.685. The number of benzene rings is 1. The summed E-state index contributed by atoms with van der Waals surface area (Å²) in [5.41, 5.74) is 8.84. The van der Waals surface area contributed by atoms with Crippen molar-refractivity contribution in [2.75, 3.05) is 4.90 Å². The summed E-state index contributed by atoms with van der Waals surface area (Å²) in [5.74, 6) is 0. The molecule has 0 radical (unpaired) electrons. The smallest absolute Gasteiger partial charge is 0.0632 e. The second-order valence-corrected chi connectivity index (χ2v) is 6.41. The van der Waals surface area contributed by atoms with Gasteiger partial charge < -0.3 is 4.90 Å². The van der Waals surface area contributed by atoms with Gasteiger partial charge in [0.25, 0.3) is 0 Å². The SMILES string of the molecule is CC1=CC2=C(CC1)C1=CC=C(C)CC1N2c1ccccc1. The molecule has 1 heterocycles. The highest BCUT2D eigenvalue weighted by atomic mass is 15.2. The van der Waals surface area contributed by atoms with E-state index in [-0.39, 0.29) is 0 Å². The second kappa shape index (κ2) is 4.77. The van der Waals surface area contributed by atoms with Crippen LogP contribution < -0.4 is 4.90 Å². The summed E-state index contributed by atoms with van der Waals surface area (Å²) in [5, 5.41) is 0. The minimum atomic E-state index is 0.490. The minimum Gasteiger partial charge on any atom is -0.333 e. The number of allylic oxidation sites excluding steroid dienone is 4. The van der Waals surface area contributed by atoms with Crippen LogP contribution in [0.3, 0.4) is 0 Å². The molecular weight excluding hydrogens is 254 g/mol. The molecule has 0 saturated heterocycles. The van der Waals surface area contributed by atoms with Crippen molar-refractivity contribution < 1.29 is 0 Å². The molecule has 21 heavy (non-hydrogen) atoms. The number of para-hydroxylation sites is 1. The van der Waals surface area contributed by atoms with Gasteiger partial charge in [0.1, 0.15) is 0 Å². The standard InChI is InChI=1S/C20H21N/c1-14-8-10-17-18-11-9-15(2)13-20(18)21(19(17)12-14)16-6-4-3-5-7-16/h3-8,10,13,19H,9,11-12H2,1-2H3. The lowest BCUT2D eigenvalue weighted by Gasteiger charge is -2.31. The zero-order valence-corrected chi connectivity index (χ0v) is 12.8. The van der Waals surface area contributed by atoms with Gasteiger partial charge in [-0.3, -0.25) is 0 Å². The Bertz CT molecular complexity index is 701. The van der Waals surface area contributed by atoms with E-state index in [9.17, 15) is 0 Å². The first-order valence-electron chi connectivity index (χ1n) is 7.86. The highest BCUT2D eigenvalue weighted by Gasteiger charge is 2.37. The van der Waals surface area contributed by atoms with E-state index >= 15 is 0 Å². The monoisotopic (exact) mass is 275 g/mol. The highest BCUT2D eigenvalue weighted by molar-refractivity contribution is 5.70. The summed E-state index contributed by atoms with van der Waals surface area (Å²) in [6, 6.07) is 11.3. The molecule has 0 aromatic heterocycles. The lowest BCUT2D eigenvalue weighted by molar-refractivity contribution is 0.738. The predicted molar refractivity (Wildman–Crippen MR) is 89.2 cm³/mol. The molecule has 0 spiro atoms. The number of anilines is 1. The van der Waals surface area contributed by atoms with Crippen LogP contribution in [0.4, 0.5) is 5.69 Å². The number of nitrogens with zero attached hydrogens (tertiary/aromatic N) is 1. The molecule has 0 bridgehead atoms. The van der Waals surface area contributed by atoms with E-state index in [2.05, 4.69) is 67.3 Å². The fourth-order valence-electron chi connectivity index (χ4n) is 3.78. The Morgan fingerprint density at radius 2 is 1.76 bits per heavy atom. The van der Waals surface area contributed by atoms with Crippen molar-refractivity contribution in [1.29, 1.82) is 0 Å². The Kier molecular flexibility index (Phi) is 2.88. The van der Waals surface area contributed by atoms with Gasteiger partial charge >= 0.3 is 0 Å². The third-order valence-corrected chi connectivity index (χ3v) is 4.84. The summed E-state index contributed by atoms with van der Waals surface area (Å²) in [4.78, 5) is 2.56. The Morgan fingerprint density at radius 3 is 2.57 bits per heavy atom. The predicted octanol–water partition coefficient (Wildman–Crippen LogP) is 5.15. The topological polar surface area (TPSA) is 3.24 Å². The van der Waals surface area contributed by atoms with Crippen molar-refractivity contribution in [3.8, 4) is 0 Å². The maximum atomic E-state index is 2.56. The van der Waals surface area contributed by atoms with Crippen molar-refractivity contribution in [3.63, 3.8) is 0 Å². The fraction of sp³-hybridized carbons (Fsp3) is 0.300. The average Bonchev–Trinajstić information content (AvgIpc) is 2.80. The van der Waals surface area contributed by atoms with Crippen LogP contribution in [0, 0.1) is 0 Å². The van der Waals surface area contributed by atoms with Crippen LogP contribution in [0.15, 0.2) is 76.5 Å². The van der Waals surface area contributed by atoms with Gasteiger partial charge in [0.15, 0.2) is 0 Å². The number of fused-ring (bicyclic) bond motifs is 2. The molecule has 0 N–H and O–H groups in total. The van der Waals surface area contributed by atoms with Gasteiger partial charge in [0.2, 0.25) is 0 Å². The molecule has 1 aromatic rings. The zero-order valence-electron chi connectivity index (χ0n) is 12.8. The Labute approximate surface area is 127 Å². The van der Waals surface area contributed by atoms with E-state index in [4.69, 9.17) is 0 Å². The van der Waals surface area contributed by atoms with E-state index in [0.717, 1.165) is 6.42 Å². The molecule has 3 aliphatic rings. The summed E-state index contributed by atoms with van der Waals surface area (Å²) < 4.78 is 0. The van der Waals surface area contributed by atoms with Crippen LogP contribution in [-0.2, 0) is 0 Å². The molecule has 106 valence electrons. The largest absolute Gasteiger partial charge is 0.333 e. The van der Waals surface area contributed by atoms with Crippen molar-refractivity contribution in [1.82, 2.24) is 0 Å². The van der Waals surface area contributed by atoms with Gasteiger partial charge in [-0.1, -0.05) is 41.5 Å². The zero-order chi connectivity index (χ0) is 14.4. The first-order chi connectivity index (χ1) is 10.2. The van der Waals surface area contributed by atoms with E-state index in [1.54, 1.807) is 11.1 Å². The minimum absolute atomic E-state index is 0.490. The maximum absolute atomic E-state index is 2.56. The molecule has 1 heteroatoms. The summed E-state index contributed by atoms with van der Waals surface area (Å²) >= 11 is 0. The van der Waals surface area contributed by atoms with E-state index in [1.165, 1.54) is 35.4 Å². The lowest BCUT2D eigenvalue weighted by Crippen LogP contribution is -2.31. The second-order valence-electron chi connectivity index (χ2n) is 6.41. The third-order valence-electron chi connectivity index (χ3n) is 4.84. The maximum Gasteiger partial charge on any atom is 0.0632 e. The van der Waals surface area contributed by atoms with Crippen LogP contribution in [0.5, 0.6) is 0 Å². The molecule has 1 unspecified atom stereocenters. The fourth-order valence-corrected chi connectivity index (χ4v) is 3.78. The van der Waals surface area contributed by atoms with Crippen molar-refractivity contribution >= 4 is 5.69 Å². The normalized spacial score (nSPS) is 24.2. The first kappa shape index (κ1) is 12.7. The Hall–Kier alpha value is -2.02. The van der Waals surface area contributed by atoms with Crippen molar-refractivity contribution in [2.24, 2.45) is 0 Å². The van der Waals surface area contributed by atoms with Gasteiger partial charge in [-0.15, -0.1) is 0 Å². The van der Waals surface area contributed by atoms with Crippen LogP contribution in [0.2, 0.25) is 0 Å². The van der Waals surface area contributed by atoms with Gasteiger partial charge in [-0.25, -0.2) is 0 Å². The van der Waals surface area contributed by atoms with Crippen molar-refractivity contribution in [3.05, 3.63) is 76.5 Å². The molecule has 1 aliphatic heterocycles. The van der Waals surface area contributed by atoms with Gasteiger partial charge in [0.05, 0.1) is 6.04 Å². The Balaban J connectivity index is 1.88. The van der Waals surface area contributed by atoms with Crippen LogP contribution in [-0.4, -0.2) is 6.04 Å². The first-order valence-corrected chi connectivity index (χ1v) is 7.86. The lowest BCUT2D eigenvalue weighted by atomic mass is 9.87. The van der Waals surface area contributed by atoms with Gasteiger partial charge in [-0.05, 0) is 62.5 Å². The highest BCUT2D eigenvalue weighted by Crippen LogP contribution is 2.46. The van der Waals surface area contributed by atoms with E-state index < -0.39 is 0 Å². The van der Waals surface area contributed by atoms with Crippen molar-refractivity contribution in [2.45, 2.75) is 39.2 Å². The molecule has 1 aromatic carbocycles. The molecule has 1 atom stereocenters. The third kappa shape index (κ3) is 1.99. The number of rotatable bonds is 1. The molecule has 0 saturated carbocycles. The van der Waals surface area contributed by atoms with Crippen LogP contribution in [0.1, 0.15) is 33.1 Å². The van der Waals surface area contributed by atoms with E-state index in [0.29, 0.717) is 6.04 Å². The molecule has 2 aliphatic carbocycles. The van der Waals surface area contributed by atoms with Crippen LogP contribution in [0.25, 0.3) is 0 Å². The van der Waals surface area contributed by atoms with E-state index in [1.807, 2.05) is 0 Å². The number of hydrogen-bond donors (Lipinski definition) is 0. The molecule has 0 fully saturated rings. The van der Waals surface area contributed by atoms with Gasteiger partial charge in [0, 0.05) is 11.4 Å². The molecule has 1 nitrogen and oxygen atoms in total.